The van der Waals surface area contributed by atoms with E-state index in [0.29, 0.717) is 63.5 Å². The number of hydrogen-bond donors (Lipinski definition) is 3. The molecule has 0 bridgehead atoms. The number of hydrogen-bond acceptors (Lipinski definition) is 11. The fourth-order valence-electron chi connectivity index (χ4n) is 6.44. The van der Waals surface area contributed by atoms with Crippen molar-refractivity contribution in [2.75, 3.05) is 78.7 Å². The first kappa shape index (κ1) is 55.6. The van der Waals surface area contributed by atoms with E-state index >= 15 is 0 Å². The molecule has 0 spiro atoms. The fourth-order valence-corrected chi connectivity index (χ4v) is 6.44. The van der Waals surface area contributed by atoms with Gasteiger partial charge in [-0.15, -0.1) is 0 Å². The number of aromatic nitrogens is 3. The van der Waals surface area contributed by atoms with E-state index in [4.69, 9.17) is 19.2 Å². The zero-order chi connectivity index (χ0) is 45.7. The number of carbonyl (C=O) groups is 2. The molecule has 1 saturated heterocycles. The molecule has 2 heterocycles. The summed E-state index contributed by atoms with van der Waals surface area (Å²) in [5, 5.41) is 14.5. The minimum atomic E-state index is -0.367. The number of aryl methyl sites for hydroxylation is 1. The number of aromatic amines is 1. The molecule has 12 heteroatoms. The molecule has 0 saturated carbocycles. The molecule has 4 rings (SSSR count). The highest BCUT2D eigenvalue weighted by Crippen LogP contribution is 2.35. The van der Waals surface area contributed by atoms with Crippen LogP contribution in [0.4, 0.5) is 5.69 Å². The lowest BCUT2D eigenvalue weighted by molar-refractivity contribution is -0.130. The minimum Gasteiger partial charge on any atom is -0.465 e. The Labute approximate surface area is 374 Å². The third kappa shape index (κ3) is 23.1. The molecule has 12 nitrogen and oxygen atoms in total. The summed E-state index contributed by atoms with van der Waals surface area (Å²) >= 11 is 0. The maximum Gasteiger partial charge on any atom is 0.293 e. The van der Waals surface area contributed by atoms with Gasteiger partial charge in [0.05, 0.1) is 38.6 Å². The van der Waals surface area contributed by atoms with Gasteiger partial charge in [-0.3, -0.25) is 14.7 Å². The average Bonchev–Trinajstić information content (AvgIpc) is 3.81. The van der Waals surface area contributed by atoms with Crippen molar-refractivity contribution in [1.82, 2.24) is 25.4 Å². The number of nitrogens with one attached hydrogen (secondary N) is 3. The standard InChI is InChI=1S/C22H27N5O.C14H28O5.C12H19N.C2H6/c1-4-7-18(8-5-2)20-23-21(26-25-20)22(11-13-27(3)14-12-22)24-19-10-6-9-17(15-19)16-28;1-2-3-4-5-6-7-16-8-9-17-10-11-18-12-13-19-14-15;1-4-5-11-6-8-12(9-7-11)10(2)13-3;1-2/h4-10,15-16,24H,1,11-14H2,2-3H3,(H,23,25,26);14H,2-13H2,1H3;6-10,13H,4-5H2,1-3H3;1-2H3/b8-5-,18-7+;;;/t;;10-;/m..1./s1. The Balaban J connectivity index is 0.000000491. The number of carbonyl (C=O) groups excluding carboxylic acids is 2. The summed E-state index contributed by atoms with van der Waals surface area (Å²) in [7, 11) is 4.12. The molecular formula is C50H80N6O6. The lowest BCUT2D eigenvalue weighted by Gasteiger charge is -2.40. The van der Waals surface area contributed by atoms with Crippen LogP contribution in [0.25, 0.3) is 5.57 Å². The van der Waals surface area contributed by atoms with Gasteiger partial charge in [-0.05, 0) is 76.9 Å². The third-order valence-corrected chi connectivity index (χ3v) is 10.1. The maximum atomic E-state index is 11.2. The van der Waals surface area contributed by atoms with E-state index in [1.807, 2.05) is 64.2 Å². The Hall–Kier alpha value is -4.46. The van der Waals surface area contributed by atoms with E-state index in [1.165, 1.54) is 49.7 Å². The summed E-state index contributed by atoms with van der Waals surface area (Å²) in [6, 6.07) is 16.9. The first-order valence-corrected chi connectivity index (χ1v) is 22.7. The summed E-state index contributed by atoms with van der Waals surface area (Å²) in [5.41, 5.74) is 4.90. The highest BCUT2D eigenvalue weighted by Gasteiger charge is 2.38. The van der Waals surface area contributed by atoms with Crippen LogP contribution < -0.4 is 10.6 Å². The topological polar surface area (TPSA) is 140 Å². The monoisotopic (exact) mass is 861 g/mol. The van der Waals surface area contributed by atoms with Crippen LogP contribution in [0.5, 0.6) is 0 Å². The number of benzene rings is 2. The molecule has 0 aliphatic carbocycles. The molecule has 3 aromatic rings. The van der Waals surface area contributed by atoms with Crippen molar-refractivity contribution in [3.05, 3.63) is 108 Å². The average molecular weight is 861 g/mol. The van der Waals surface area contributed by atoms with Crippen molar-refractivity contribution < 1.29 is 28.5 Å². The number of unbranched alkanes of at least 4 members (excludes halogenated alkanes) is 4. The Morgan fingerprint density at radius 2 is 1.55 bits per heavy atom. The molecule has 1 atom stereocenters. The number of nitrogens with zero attached hydrogens (tertiary/aromatic N) is 3. The van der Waals surface area contributed by atoms with E-state index in [0.717, 1.165) is 62.3 Å². The molecule has 0 radical (unpaired) electrons. The molecule has 3 N–H and O–H groups in total. The molecule has 346 valence electrons. The number of aldehydes is 1. The van der Waals surface area contributed by atoms with Crippen molar-refractivity contribution in [2.45, 2.75) is 111 Å². The smallest absolute Gasteiger partial charge is 0.293 e. The van der Waals surface area contributed by atoms with Crippen LogP contribution in [-0.2, 0) is 35.7 Å². The molecule has 1 aromatic heterocycles. The second-order valence-electron chi connectivity index (χ2n) is 14.8. The summed E-state index contributed by atoms with van der Waals surface area (Å²) in [6.45, 7) is 22.5. The van der Waals surface area contributed by atoms with Gasteiger partial charge in [0.15, 0.2) is 11.6 Å². The lowest BCUT2D eigenvalue weighted by Crippen LogP contribution is -2.46. The molecule has 1 aliphatic rings. The maximum absolute atomic E-state index is 11.2. The largest absolute Gasteiger partial charge is 0.465 e. The van der Waals surface area contributed by atoms with E-state index < -0.39 is 0 Å². The van der Waals surface area contributed by atoms with Gasteiger partial charge in [0, 0.05) is 42.6 Å². The van der Waals surface area contributed by atoms with Crippen molar-refractivity contribution >= 4 is 24.0 Å². The van der Waals surface area contributed by atoms with Crippen LogP contribution in [-0.4, -0.2) is 106 Å². The third-order valence-electron chi connectivity index (χ3n) is 10.1. The van der Waals surface area contributed by atoms with Gasteiger partial charge in [0.1, 0.15) is 12.9 Å². The minimum absolute atomic E-state index is 0.296. The van der Waals surface area contributed by atoms with Crippen LogP contribution in [0.15, 0.2) is 79.4 Å². The highest BCUT2D eigenvalue weighted by molar-refractivity contribution is 5.77. The van der Waals surface area contributed by atoms with Gasteiger partial charge in [0.2, 0.25) is 0 Å². The summed E-state index contributed by atoms with van der Waals surface area (Å²) in [4.78, 5) is 28.1. The van der Waals surface area contributed by atoms with E-state index in [1.54, 1.807) is 12.1 Å². The van der Waals surface area contributed by atoms with Crippen LogP contribution in [0, 0.1) is 0 Å². The number of allylic oxidation sites excluding steroid dienone is 5. The van der Waals surface area contributed by atoms with Crippen molar-refractivity contribution in [3.63, 3.8) is 0 Å². The fraction of sp³-hybridized carbons (Fsp3) is 0.560. The zero-order valence-electron chi connectivity index (χ0n) is 39.4. The predicted molar refractivity (Wildman–Crippen MR) is 256 cm³/mol. The van der Waals surface area contributed by atoms with Gasteiger partial charge in [-0.1, -0.05) is 127 Å². The number of likely N-dealkylation sites (tertiary alicyclic amines) is 1. The molecular weight excluding hydrogens is 781 g/mol. The van der Waals surface area contributed by atoms with Gasteiger partial charge < -0.3 is 34.5 Å². The molecule has 62 heavy (non-hydrogen) atoms. The summed E-state index contributed by atoms with van der Waals surface area (Å²) in [6.07, 6.45) is 18.9. The first-order valence-electron chi connectivity index (χ1n) is 22.7. The second kappa shape index (κ2) is 36.1. The van der Waals surface area contributed by atoms with Gasteiger partial charge in [-0.2, -0.15) is 5.10 Å². The molecule has 0 unspecified atom stereocenters. The van der Waals surface area contributed by atoms with E-state index in [2.05, 4.69) is 89.1 Å². The van der Waals surface area contributed by atoms with Crippen LogP contribution in [0.2, 0.25) is 0 Å². The van der Waals surface area contributed by atoms with Crippen molar-refractivity contribution in [2.24, 2.45) is 0 Å². The Morgan fingerprint density at radius 3 is 2.13 bits per heavy atom. The number of rotatable bonds is 27. The predicted octanol–water partition coefficient (Wildman–Crippen LogP) is 9.92. The lowest BCUT2D eigenvalue weighted by atomic mass is 9.86. The number of H-pyrrole nitrogens is 1. The number of piperidine rings is 1. The van der Waals surface area contributed by atoms with Crippen LogP contribution in [0.1, 0.15) is 132 Å². The van der Waals surface area contributed by atoms with Crippen molar-refractivity contribution in [3.8, 4) is 0 Å². The van der Waals surface area contributed by atoms with Gasteiger partial charge >= 0.3 is 0 Å². The molecule has 2 aromatic carbocycles. The van der Waals surface area contributed by atoms with E-state index in [9.17, 15) is 9.59 Å². The second-order valence-corrected chi connectivity index (χ2v) is 14.8. The SMILES string of the molecule is C=C/C=C(\C=C/C)c1n[nH]c(C2(Nc3cccc(C=O)c3)CCN(C)CC2)n1.CC.CCCCCCCOCCOCCOCCOC=O.CCCc1ccc([C@@H](C)NC)cc1. The van der Waals surface area contributed by atoms with E-state index in [-0.39, 0.29) is 5.54 Å². The summed E-state index contributed by atoms with van der Waals surface area (Å²) < 4.78 is 20.4. The number of ether oxygens (including phenoxy) is 4. The normalized spacial score (nSPS) is 14.0. The van der Waals surface area contributed by atoms with Gasteiger partial charge in [-0.25, -0.2) is 4.98 Å². The Kier molecular flexibility index (Phi) is 32.3. The van der Waals surface area contributed by atoms with Crippen LogP contribution in [0.3, 0.4) is 0 Å². The van der Waals surface area contributed by atoms with Crippen molar-refractivity contribution in [1.29, 1.82) is 0 Å². The Bertz CT molecular complexity index is 1630. The number of anilines is 1. The molecule has 1 aliphatic heterocycles. The zero-order valence-corrected chi connectivity index (χ0v) is 39.4. The quantitative estimate of drug-likeness (QED) is 0.0384. The summed E-state index contributed by atoms with van der Waals surface area (Å²) in [5.74, 6) is 1.46. The first-order chi connectivity index (χ1) is 30.3. The highest BCUT2D eigenvalue weighted by atomic mass is 16.6. The van der Waals surface area contributed by atoms with Crippen LogP contribution >= 0.6 is 0 Å². The van der Waals surface area contributed by atoms with Gasteiger partial charge in [0.25, 0.3) is 6.47 Å². The molecule has 0 amide bonds. The molecule has 1 fully saturated rings. The Morgan fingerprint density at radius 1 is 0.903 bits per heavy atom.